The summed E-state index contributed by atoms with van der Waals surface area (Å²) in [5, 5.41) is 3.46. The number of carbonyl (C=O) groups is 1. The highest BCUT2D eigenvalue weighted by Crippen LogP contribution is 2.27. The number of hydrogen-bond donors (Lipinski definition) is 1. The van der Waals surface area contributed by atoms with E-state index in [4.69, 9.17) is 11.6 Å². The molecule has 0 spiro atoms. The average molecular weight is 303 g/mol. The predicted molar refractivity (Wildman–Crippen MR) is 83.0 cm³/mol. The number of halogens is 1. The molecule has 3 rings (SSSR count). The Labute approximate surface area is 128 Å². The van der Waals surface area contributed by atoms with E-state index in [1.807, 2.05) is 12.1 Å². The number of nitrogens with zero attached hydrogens (tertiary/aromatic N) is 3. The van der Waals surface area contributed by atoms with Crippen molar-refractivity contribution in [3.63, 3.8) is 0 Å². The smallest absolute Gasteiger partial charge is 0.280 e. The molecule has 21 heavy (non-hydrogen) atoms. The van der Waals surface area contributed by atoms with Gasteiger partial charge < -0.3 is 5.32 Å². The normalized spacial score (nSPS) is 13.7. The molecule has 0 aromatic carbocycles. The van der Waals surface area contributed by atoms with E-state index in [0.29, 0.717) is 22.9 Å². The maximum absolute atomic E-state index is 12.8. The molecule has 0 aliphatic carbocycles. The van der Waals surface area contributed by atoms with E-state index >= 15 is 0 Å². The number of pyridine rings is 2. The summed E-state index contributed by atoms with van der Waals surface area (Å²) in [6.45, 7) is 0.649. The lowest BCUT2D eigenvalue weighted by Gasteiger charge is -2.28. The monoisotopic (exact) mass is 302 g/mol. The summed E-state index contributed by atoms with van der Waals surface area (Å²) in [6.07, 6.45) is 5.06. The fourth-order valence-corrected chi connectivity index (χ4v) is 2.69. The van der Waals surface area contributed by atoms with Gasteiger partial charge in [-0.2, -0.15) is 0 Å². The van der Waals surface area contributed by atoms with E-state index < -0.39 is 0 Å². The number of aryl methyl sites for hydroxylation is 1. The van der Waals surface area contributed by atoms with Crippen LogP contribution in [0.15, 0.2) is 30.6 Å². The number of anilines is 2. The third kappa shape index (κ3) is 2.56. The molecule has 0 unspecified atom stereocenters. The van der Waals surface area contributed by atoms with Gasteiger partial charge in [0, 0.05) is 26.0 Å². The number of hydrogen-bond acceptors (Lipinski definition) is 4. The quantitative estimate of drug-likeness (QED) is 0.927. The molecule has 1 N–H and O–H groups in total. The van der Waals surface area contributed by atoms with Crippen LogP contribution in [0.5, 0.6) is 0 Å². The second-order valence-corrected chi connectivity index (χ2v) is 5.28. The molecule has 0 fully saturated rings. The second kappa shape index (κ2) is 5.69. The van der Waals surface area contributed by atoms with Gasteiger partial charge >= 0.3 is 0 Å². The van der Waals surface area contributed by atoms with Crippen LogP contribution in [0.1, 0.15) is 22.5 Å². The third-order valence-electron chi connectivity index (χ3n) is 3.52. The summed E-state index contributed by atoms with van der Waals surface area (Å²) >= 11 is 5.93. The first-order chi connectivity index (χ1) is 10.2. The Morgan fingerprint density at radius 2 is 2.29 bits per heavy atom. The van der Waals surface area contributed by atoms with Crippen molar-refractivity contribution in [1.29, 1.82) is 0 Å². The molecule has 1 aliphatic rings. The van der Waals surface area contributed by atoms with Crippen LogP contribution in [0.3, 0.4) is 0 Å². The lowest BCUT2D eigenvalue weighted by Crippen LogP contribution is -2.37. The van der Waals surface area contributed by atoms with E-state index in [9.17, 15) is 4.79 Å². The van der Waals surface area contributed by atoms with Crippen molar-refractivity contribution >= 4 is 29.0 Å². The lowest BCUT2D eigenvalue weighted by molar-refractivity contribution is 0.0980. The van der Waals surface area contributed by atoms with Gasteiger partial charge in [0.15, 0.2) is 5.69 Å². The van der Waals surface area contributed by atoms with Gasteiger partial charge in [0.1, 0.15) is 5.82 Å². The van der Waals surface area contributed by atoms with Gasteiger partial charge in [0.25, 0.3) is 5.91 Å². The lowest BCUT2D eigenvalue weighted by atomic mass is 10.1. The minimum atomic E-state index is -0.157. The summed E-state index contributed by atoms with van der Waals surface area (Å²) in [5.41, 5.74) is 2.08. The minimum Gasteiger partial charge on any atom is -0.386 e. The first-order valence-corrected chi connectivity index (χ1v) is 7.17. The highest BCUT2D eigenvalue weighted by atomic mass is 35.5. The minimum absolute atomic E-state index is 0.157. The van der Waals surface area contributed by atoms with Crippen LogP contribution in [0.4, 0.5) is 11.5 Å². The highest BCUT2D eigenvalue weighted by molar-refractivity contribution is 6.31. The maximum Gasteiger partial charge on any atom is 0.280 e. The first-order valence-electron chi connectivity index (χ1n) is 6.80. The van der Waals surface area contributed by atoms with Crippen molar-refractivity contribution in [2.24, 2.45) is 0 Å². The van der Waals surface area contributed by atoms with Crippen LogP contribution in [-0.4, -0.2) is 29.5 Å². The van der Waals surface area contributed by atoms with E-state index in [0.717, 1.165) is 24.2 Å². The van der Waals surface area contributed by atoms with Crippen molar-refractivity contribution < 1.29 is 4.79 Å². The molecular formula is C15H15ClN4O. The van der Waals surface area contributed by atoms with Crippen LogP contribution in [0.2, 0.25) is 5.02 Å². The number of amides is 1. The third-order valence-corrected chi connectivity index (χ3v) is 3.73. The molecule has 0 saturated heterocycles. The molecule has 1 amide bonds. The Kier molecular flexibility index (Phi) is 3.75. The van der Waals surface area contributed by atoms with Gasteiger partial charge in [-0.1, -0.05) is 17.7 Å². The summed E-state index contributed by atoms with van der Waals surface area (Å²) in [7, 11) is 1.74. The van der Waals surface area contributed by atoms with Gasteiger partial charge in [-0.05, 0) is 30.5 Å². The van der Waals surface area contributed by atoms with Crippen molar-refractivity contribution in [2.75, 3.05) is 23.8 Å². The SMILES string of the molecule is CNc1cc(Cl)cnc1C(=O)N1CCCc2cccnc21. The Bertz CT molecular complexity index is 689. The second-order valence-electron chi connectivity index (χ2n) is 4.85. The molecule has 0 bridgehead atoms. The van der Waals surface area contributed by atoms with Crippen molar-refractivity contribution in [2.45, 2.75) is 12.8 Å². The zero-order valence-corrected chi connectivity index (χ0v) is 12.4. The summed E-state index contributed by atoms with van der Waals surface area (Å²) < 4.78 is 0. The number of aromatic nitrogens is 2. The molecule has 0 radical (unpaired) electrons. The molecule has 1 aliphatic heterocycles. The Hall–Kier alpha value is -2.14. The topological polar surface area (TPSA) is 58.1 Å². The number of carbonyl (C=O) groups excluding carboxylic acids is 1. The van der Waals surface area contributed by atoms with Gasteiger partial charge in [-0.15, -0.1) is 0 Å². The van der Waals surface area contributed by atoms with Gasteiger partial charge in [0.05, 0.1) is 10.7 Å². The van der Waals surface area contributed by atoms with Gasteiger partial charge in [-0.3, -0.25) is 9.69 Å². The van der Waals surface area contributed by atoms with Crippen molar-refractivity contribution in [3.8, 4) is 0 Å². The molecule has 108 valence electrons. The summed E-state index contributed by atoms with van der Waals surface area (Å²) in [6, 6.07) is 5.60. The molecule has 0 atom stereocenters. The molecule has 6 heteroatoms. The van der Waals surface area contributed by atoms with Crippen LogP contribution in [0, 0.1) is 0 Å². The van der Waals surface area contributed by atoms with Crippen molar-refractivity contribution in [1.82, 2.24) is 9.97 Å². The standard InChI is InChI=1S/C15H15ClN4O/c1-17-12-8-11(16)9-19-13(12)15(21)20-7-3-5-10-4-2-6-18-14(10)20/h2,4,6,8-9,17H,3,5,7H2,1H3. The zero-order valence-electron chi connectivity index (χ0n) is 11.6. The fraction of sp³-hybridized carbons (Fsp3) is 0.267. The maximum atomic E-state index is 12.8. The van der Waals surface area contributed by atoms with Crippen molar-refractivity contribution in [3.05, 3.63) is 46.9 Å². The van der Waals surface area contributed by atoms with Gasteiger partial charge in [-0.25, -0.2) is 9.97 Å². The zero-order chi connectivity index (χ0) is 14.8. The average Bonchev–Trinajstić information content (AvgIpc) is 2.53. The van der Waals surface area contributed by atoms with Crippen LogP contribution in [0.25, 0.3) is 0 Å². The summed E-state index contributed by atoms with van der Waals surface area (Å²) in [4.78, 5) is 23.0. The highest BCUT2D eigenvalue weighted by Gasteiger charge is 2.27. The molecule has 5 nitrogen and oxygen atoms in total. The van der Waals surface area contributed by atoms with E-state index in [-0.39, 0.29) is 5.91 Å². The molecule has 0 saturated carbocycles. The number of rotatable bonds is 2. The fourth-order valence-electron chi connectivity index (χ4n) is 2.53. The Morgan fingerprint density at radius 1 is 1.43 bits per heavy atom. The molecule has 2 aromatic rings. The van der Waals surface area contributed by atoms with Gasteiger partial charge in [0.2, 0.25) is 0 Å². The Morgan fingerprint density at radius 3 is 3.10 bits per heavy atom. The van der Waals surface area contributed by atoms with Crippen LogP contribution in [-0.2, 0) is 6.42 Å². The number of nitrogens with one attached hydrogen (secondary N) is 1. The Balaban J connectivity index is 2.00. The molecular weight excluding hydrogens is 288 g/mol. The molecule has 2 aromatic heterocycles. The van der Waals surface area contributed by atoms with E-state index in [1.165, 1.54) is 6.20 Å². The van der Waals surface area contributed by atoms with E-state index in [1.54, 1.807) is 24.2 Å². The van der Waals surface area contributed by atoms with Crippen LogP contribution < -0.4 is 10.2 Å². The summed E-state index contributed by atoms with van der Waals surface area (Å²) in [5.74, 6) is 0.572. The first kappa shape index (κ1) is 13.8. The predicted octanol–water partition coefficient (Wildman–Crippen LogP) is 2.76. The molecule has 3 heterocycles. The van der Waals surface area contributed by atoms with E-state index in [2.05, 4.69) is 15.3 Å². The van der Waals surface area contributed by atoms with Crippen LogP contribution >= 0.6 is 11.6 Å². The number of fused-ring (bicyclic) bond motifs is 1. The largest absolute Gasteiger partial charge is 0.386 e.